The van der Waals surface area contributed by atoms with Crippen LogP contribution in [0.5, 0.6) is 0 Å². The Bertz CT molecular complexity index is 1010. The van der Waals surface area contributed by atoms with E-state index in [1.807, 2.05) is 13.8 Å². The lowest BCUT2D eigenvalue weighted by Gasteiger charge is -2.09. The molecule has 1 aromatic carbocycles. The topological polar surface area (TPSA) is 59.8 Å². The van der Waals surface area contributed by atoms with Crippen molar-refractivity contribution in [2.75, 3.05) is 0 Å². The zero-order chi connectivity index (χ0) is 23.2. The minimum absolute atomic E-state index is 0.0137. The van der Waals surface area contributed by atoms with Gasteiger partial charge in [0, 0.05) is 5.39 Å². The van der Waals surface area contributed by atoms with Crippen LogP contribution in [0, 0.1) is 0 Å². The van der Waals surface area contributed by atoms with Gasteiger partial charge in [0.25, 0.3) is 0 Å². The minimum atomic E-state index is -4.45. The molecular weight excluding hydrogens is 426 g/mol. The van der Waals surface area contributed by atoms with E-state index in [-0.39, 0.29) is 18.5 Å². The molecule has 0 fully saturated rings. The average molecular weight is 446 g/mol. The summed E-state index contributed by atoms with van der Waals surface area (Å²) in [6, 6.07) is 5.75. The first kappa shape index (κ1) is 24.2. The van der Waals surface area contributed by atoms with Crippen molar-refractivity contribution >= 4 is 16.8 Å². The average Bonchev–Trinajstić information content (AvgIpc) is 3.08. The van der Waals surface area contributed by atoms with Crippen molar-refractivity contribution in [1.29, 1.82) is 0 Å². The van der Waals surface area contributed by atoms with Crippen molar-refractivity contribution in [2.45, 2.75) is 45.7 Å². The molecule has 0 spiro atoms. The zero-order valence-corrected chi connectivity index (χ0v) is 16.7. The molecular formula is C20H20F6N4O. The summed E-state index contributed by atoms with van der Waals surface area (Å²) >= 11 is 0. The third-order valence-corrected chi connectivity index (χ3v) is 4.03. The molecule has 0 saturated heterocycles. The Balaban J connectivity index is 0.00000166. The smallest absolute Gasteiger partial charge is 0.350 e. The highest BCUT2D eigenvalue weighted by molar-refractivity contribution is 5.79. The molecule has 0 aliphatic heterocycles. The predicted molar refractivity (Wildman–Crippen MR) is 102 cm³/mol. The zero-order valence-electron chi connectivity index (χ0n) is 16.7. The summed E-state index contributed by atoms with van der Waals surface area (Å²) in [6.45, 7) is 2.78. The van der Waals surface area contributed by atoms with Crippen molar-refractivity contribution in [1.82, 2.24) is 20.1 Å². The minimum Gasteiger partial charge on any atom is -0.350 e. The molecule has 2 heterocycles. The quantitative estimate of drug-likeness (QED) is 0.568. The fourth-order valence-electron chi connectivity index (χ4n) is 2.66. The van der Waals surface area contributed by atoms with Crippen LogP contribution in [0.25, 0.3) is 10.9 Å². The maximum atomic E-state index is 12.5. The third kappa shape index (κ3) is 6.97. The number of rotatable bonds is 5. The standard InChI is InChI=1S/C18H14F6N4O.C2H6/c19-17(20,21)10-28-15-9-25-14(6-12(15)7-27-28)8-26-16(29)5-11-1-3-13(4-2-11)18(22,23)24;1-2/h1-4,6-7,9H,5,8,10H2,(H,26,29);1-2H3. The van der Waals surface area contributed by atoms with Gasteiger partial charge in [-0.3, -0.25) is 14.5 Å². The Morgan fingerprint density at radius 3 is 2.26 bits per heavy atom. The number of nitrogens with one attached hydrogen (secondary N) is 1. The van der Waals surface area contributed by atoms with E-state index in [9.17, 15) is 31.1 Å². The van der Waals surface area contributed by atoms with E-state index in [0.717, 1.165) is 16.8 Å². The molecule has 3 rings (SSSR count). The maximum absolute atomic E-state index is 12.5. The van der Waals surface area contributed by atoms with Gasteiger partial charge in [-0.1, -0.05) is 26.0 Å². The number of carbonyl (C=O) groups excluding carboxylic acids is 1. The Hall–Kier alpha value is -3.11. The number of hydrogen-bond donors (Lipinski definition) is 1. The summed E-state index contributed by atoms with van der Waals surface area (Å²) in [7, 11) is 0. The number of nitrogens with zero attached hydrogens (tertiary/aromatic N) is 3. The summed E-state index contributed by atoms with van der Waals surface area (Å²) in [4.78, 5) is 16.0. The second-order valence-corrected chi connectivity index (χ2v) is 6.30. The van der Waals surface area contributed by atoms with Crippen LogP contribution in [-0.4, -0.2) is 26.8 Å². The molecule has 0 atom stereocenters. The Morgan fingerprint density at radius 2 is 1.68 bits per heavy atom. The van der Waals surface area contributed by atoms with E-state index in [4.69, 9.17) is 0 Å². The number of hydrogen-bond acceptors (Lipinski definition) is 3. The van der Waals surface area contributed by atoms with E-state index >= 15 is 0 Å². The summed E-state index contributed by atoms with van der Waals surface area (Å²) in [5.41, 5.74) is 0.226. The number of pyridine rings is 1. The first-order valence-electron chi connectivity index (χ1n) is 9.31. The Labute approximate surface area is 174 Å². The molecule has 0 aliphatic rings. The normalized spacial score (nSPS) is 11.7. The van der Waals surface area contributed by atoms with Crippen LogP contribution in [0.3, 0.4) is 0 Å². The largest absolute Gasteiger partial charge is 0.416 e. The van der Waals surface area contributed by atoms with Gasteiger partial charge in [0.05, 0.1) is 42.1 Å². The second kappa shape index (κ2) is 9.80. The number of amides is 1. The number of carbonyl (C=O) groups is 1. The number of alkyl halides is 6. The number of benzene rings is 1. The SMILES string of the molecule is CC.O=C(Cc1ccc(C(F)(F)F)cc1)NCc1cc2cnn(CC(F)(F)F)c2cn1. The molecule has 5 nitrogen and oxygen atoms in total. The van der Waals surface area contributed by atoms with Crippen LogP contribution >= 0.6 is 0 Å². The van der Waals surface area contributed by atoms with Gasteiger partial charge in [-0.2, -0.15) is 31.4 Å². The van der Waals surface area contributed by atoms with Crippen LogP contribution in [0.4, 0.5) is 26.3 Å². The summed E-state index contributed by atoms with van der Waals surface area (Å²) in [6.07, 6.45) is -6.46. The molecule has 1 amide bonds. The first-order chi connectivity index (χ1) is 14.5. The van der Waals surface area contributed by atoms with Gasteiger partial charge in [-0.25, -0.2) is 0 Å². The van der Waals surface area contributed by atoms with Crippen molar-refractivity contribution in [2.24, 2.45) is 0 Å². The molecule has 0 radical (unpaired) electrons. The van der Waals surface area contributed by atoms with E-state index in [1.54, 1.807) is 0 Å². The van der Waals surface area contributed by atoms with E-state index in [0.29, 0.717) is 16.6 Å². The van der Waals surface area contributed by atoms with Crippen LogP contribution in [0.15, 0.2) is 42.7 Å². The molecule has 3 aromatic rings. The van der Waals surface area contributed by atoms with Crippen molar-refractivity contribution in [3.05, 3.63) is 59.5 Å². The van der Waals surface area contributed by atoms with E-state index in [1.165, 1.54) is 30.6 Å². The summed E-state index contributed by atoms with van der Waals surface area (Å²) in [5.74, 6) is -0.431. The maximum Gasteiger partial charge on any atom is 0.416 e. The lowest BCUT2D eigenvalue weighted by atomic mass is 10.1. The second-order valence-electron chi connectivity index (χ2n) is 6.30. The first-order valence-corrected chi connectivity index (χ1v) is 9.31. The van der Waals surface area contributed by atoms with Crippen LogP contribution in [-0.2, 0) is 30.5 Å². The van der Waals surface area contributed by atoms with Gasteiger partial charge in [0.1, 0.15) is 6.54 Å². The van der Waals surface area contributed by atoms with Gasteiger partial charge in [0.15, 0.2) is 0 Å². The van der Waals surface area contributed by atoms with Crippen molar-refractivity contribution < 1.29 is 31.1 Å². The highest BCUT2D eigenvalue weighted by atomic mass is 19.4. The third-order valence-electron chi connectivity index (χ3n) is 4.03. The fourth-order valence-corrected chi connectivity index (χ4v) is 2.66. The molecule has 0 unspecified atom stereocenters. The lowest BCUT2D eigenvalue weighted by Crippen LogP contribution is -2.25. The molecule has 0 bridgehead atoms. The molecule has 1 N–H and O–H groups in total. The highest BCUT2D eigenvalue weighted by Crippen LogP contribution is 2.29. The van der Waals surface area contributed by atoms with Crippen molar-refractivity contribution in [3.63, 3.8) is 0 Å². The van der Waals surface area contributed by atoms with Crippen LogP contribution in [0.2, 0.25) is 0 Å². The molecule has 11 heteroatoms. The lowest BCUT2D eigenvalue weighted by molar-refractivity contribution is -0.142. The van der Waals surface area contributed by atoms with E-state index < -0.39 is 30.4 Å². The van der Waals surface area contributed by atoms with Gasteiger partial charge in [-0.15, -0.1) is 0 Å². The number of halogens is 6. The van der Waals surface area contributed by atoms with Gasteiger partial charge < -0.3 is 5.32 Å². The summed E-state index contributed by atoms with van der Waals surface area (Å²) in [5, 5.41) is 6.70. The van der Waals surface area contributed by atoms with Crippen LogP contribution in [0.1, 0.15) is 30.7 Å². The number of aromatic nitrogens is 3. The van der Waals surface area contributed by atoms with E-state index in [2.05, 4.69) is 15.4 Å². The van der Waals surface area contributed by atoms with Gasteiger partial charge in [-0.05, 0) is 23.8 Å². The van der Waals surface area contributed by atoms with Crippen molar-refractivity contribution in [3.8, 4) is 0 Å². The summed E-state index contributed by atoms with van der Waals surface area (Å²) < 4.78 is 75.9. The molecule has 0 saturated carbocycles. The Kier molecular flexibility index (Phi) is 7.64. The van der Waals surface area contributed by atoms with Crippen LogP contribution < -0.4 is 5.32 Å². The molecule has 0 aliphatic carbocycles. The molecule has 2 aromatic heterocycles. The monoisotopic (exact) mass is 446 g/mol. The molecule has 31 heavy (non-hydrogen) atoms. The highest BCUT2D eigenvalue weighted by Gasteiger charge is 2.30. The van der Waals surface area contributed by atoms with Gasteiger partial charge in [0.2, 0.25) is 5.91 Å². The Morgan fingerprint density at radius 1 is 1.03 bits per heavy atom. The predicted octanol–water partition coefficient (Wildman–Crippen LogP) is 4.90. The fraction of sp³-hybridized carbons (Fsp3) is 0.350. The van der Waals surface area contributed by atoms with Gasteiger partial charge >= 0.3 is 12.4 Å². The molecule has 168 valence electrons. The number of fused-ring (bicyclic) bond motifs is 1.